The van der Waals surface area contributed by atoms with Gasteiger partial charge in [-0.25, -0.2) is 0 Å². The van der Waals surface area contributed by atoms with Crippen LogP contribution in [0.15, 0.2) is 24.3 Å². The molecule has 6 heteroatoms. The fourth-order valence-corrected chi connectivity index (χ4v) is 2.37. The summed E-state index contributed by atoms with van der Waals surface area (Å²) < 4.78 is 0. The van der Waals surface area contributed by atoms with Crippen LogP contribution in [0, 0.1) is 5.92 Å². The Kier molecular flexibility index (Phi) is 4.70. The molecule has 1 aromatic rings. The van der Waals surface area contributed by atoms with Gasteiger partial charge in [-0.15, -0.1) is 0 Å². The Morgan fingerprint density at radius 1 is 1.24 bits per heavy atom. The standard InChI is InChI=1S/C15H18N2O4/c1-10(18)12-2-4-13(5-3-12)16-14(19)9-17-7-11(8-17)6-15(20)21/h2-5,11H,6-9H2,1H3,(H,16,19)(H,20,21). The highest BCUT2D eigenvalue weighted by atomic mass is 16.4. The Hall–Kier alpha value is -2.21. The number of amides is 1. The van der Waals surface area contributed by atoms with E-state index in [1.165, 1.54) is 6.92 Å². The van der Waals surface area contributed by atoms with Gasteiger partial charge in [0.25, 0.3) is 0 Å². The highest BCUT2D eigenvalue weighted by molar-refractivity contribution is 5.96. The molecule has 21 heavy (non-hydrogen) atoms. The molecule has 0 saturated carbocycles. The van der Waals surface area contributed by atoms with Crippen molar-refractivity contribution in [1.82, 2.24) is 4.90 Å². The van der Waals surface area contributed by atoms with Crippen molar-refractivity contribution in [2.24, 2.45) is 5.92 Å². The molecule has 112 valence electrons. The number of hydrogen-bond acceptors (Lipinski definition) is 4. The maximum Gasteiger partial charge on any atom is 0.303 e. The first-order valence-corrected chi connectivity index (χ1v) is 6.79. The first kappa shape index (κ1) is 15.2. The third-order valence-electron chi connectivity index (χ3n) is 3.44. The van der Waals surface area contributed by atoms with E-state index in [0.29, 0.717) is 24.3 Å². The molecule has 1 aliphatic heterocycles. The van der Waals surface area contributed by atoms with Crippen LogP contribution < -0.4 is 5.32 Å². The van der Waals surface area contributed by atoms with Crippen LogP contribution >= 0.6 is 0 Å². The van der Waals surface area contributed by atoms with Gasteiger partial charge < -0.3 is 10.4 Å². The topological polar surface area (TPSA) is 86.7 Å². The second-order valence-electron chi connectivity index (χ2n) is 5.34. The zero-order valence-electron chi connectivity index (χ0n) is 11.8. The maximum absolute atomic E-state index is 11.8. The summed E-state index contributed by atoms with van der Waals surface area (Å²) >= 11 is 0. The van der Waals surface area contributed by atoms with E-state index in [4.69, 9.17) is 5.11 Å². The van der Waals surface area contributed by atoms with Gasteiger partial charge >= 0.3 is 5.97 Å². The fourth-order valence-electron chi connectivity index (χ4n) is 2.37. The zero-order valence-corrected chi connectivity index (χ0v) is 11.8. The number of carbonyl (C=O) groups is 3. The van der Waals surface area contributed by atoms with E-state index in [9.17, 15) is 14.4 Å². The number of likely N-dealkylation sites (tertiary alicyclic amines) is 1. The van der Waals surface area contributed by atoms with Gasteiger partial charge in [-0.1, -0.05) is 0 Å². The molecule has 1 aliphatic rings. The predicted molar refractivity (Wildman–Crippen MR) is 77.3 cm³/mol. The molecule has 0 bridgehead atoms. The molecule has 0 aliphatic carbocycles. The molecule has 1 fully saturated rings. The van der Waals surface area contributed by atoms with Gasteiger partial charge in [0.15, 0.2) is 5.78 Å². The van der Waals surface area contributed by atoms with Gasteiger partial charge in [-0.2, -0.15) is 0 Å². The molecule has 0 atom stereocenters. The van der Waals surface area contributed by atoms with Gasteiger partial charge in [-0.05, 0) is 37.1 Å². The van der Waals surface area contributed by atoms with E-state index in [2.05, 4.69) is 5.32 Å². The van der Waals surface area contributed by atoms with E-state index in [-0.39, 0.29) is 30.6 Å². The molecule has 2 rings (SSSR count). The van der Waals surface area contributed by atoms with Crippen LogP contribution in [0.1, 0.15) is 23.7 Å². The van der Waals surface area contributed by atoms with Gasteiger partial charge in [-0.3, -0.25) is 19.3 Å². The summed E-state index contributed by atoms with van der Waals surface area (Å²) in [5.41, 5.74) is 1.25. The van der Waals surface area contributed by atoms with Crippen LogP contribution in [0.4, 0.5) is 5.69 Å². The summed E-state index contributed by atoms with van der Waals surface area (Å²) in [5.74, 6) is -0.808. The van der Waals surface area contributed by atoms with E-state index >= 15 is 0 Å². The Bertz CT molecular complexity index is 547. The van der Waals surface area contributed by atoms with Crippen molar-refractivity contribution in [2.45, 2.75) is 13.3 Å². The van der Waals surface area contributed by atoms with Crippen LogP contribution in [0.5, 0.6) is 0 Å². The van der Waals surface area contributed by atoms with E-state index in [1.807, 2.05) is 4.90 Å². The Balaban J connectivity index is 1.75. The Morgan fingerprint density at radius 2 is 1.86 bits per heavy atom. The van der Waals surface area contributed by atoms with Gasteiger partial charge in [0, 0.05) is 24.3 Å². The number of nitrogens with one attached hydrogen (secondary N) is 1. The lowest BCUT2D eigenvalue weighted by atomic mass is 9.96. The van der Waals surface area contributed by atoms with Crippen LogP contribution in [-0.2, 0) is 9.59 Å². The van der Waals surface area contributed by atoms with Crippen molar-refractivity contribution in [3.63, 3.8) is 0 Å². The number of aliphatic carboxylic acids is 1. The van der Waals surface area contributed by atoms with E-state index in [1.54, 1.807) is 24.3 Å². The molecule has 1 amide bonds. The zero-order chi connectivity index (χ0) is 15.4. The molecule has 6 nitrogen and oxygen atoms in total. The van der Waals surface area contributed by atoms with Crippen molar-refractivity contribution in [1.29, 1.82) is 0 Å². The lowest BCUT2D eigenvalue weighted by Crippen LogP contribution is -2.50. The monoisotopic (exact) mass is 290 g/mol. The van der Waals surface area contributed by atoms with Crippen LogP contribution in [0.25, 0.3) is 0 Å². The third kappa shape index (κ3) is 4.39. The van der Waals surface area contributed by atoms with E-state index < -0.39 is 5.97 Å². The minimum Gasteiger partial charge on any atom is -0.481 e. The quantitative estimate of drug-likeness (QED) is 0.770. The molecule has 1 saturated heterocycles. The Labute approximate surface area is 122 Å². The number of carboxylic acids is 1. The number of ketones is 1. The number of hydrogen-bond donors (Lipinski definition) is 2. The molecular formula is C15H18N2O4. The normalized spacial score (nSPS) is 15.3. The molecule has 1 aromatic carbocycles. The predicted octanol–water partition coefficient (Wildman–Crippen LogP) is 1.23. The smallest absolute Gasteiger partial charge is 0.303 e. The summed E-state index contributed by atoms with van der Waals surface area (Å²) in [6.45, 7) is 3.03. The van der Waals surface area contributed by atoms with Crippen molar-refractivity contribution in [3.8, 4) is 0 Å². The summed E-state index contributed by atoms with van der Waals surface area (Å²) in [6.07, 6.45) is 0.157. The van der Waals surface area contributed by atoms with Crippen molar-refractivity contribution >= 4 is 23.3 Å². The number of anilines is 1. The van der Waals surface area contributed by atoms with Crippen LogP contribution in [0.3, 0.4) is 0 Å². The third-order valence-corrected chi connectivity index (χ3v) is 3.44. The summed E-state index contributed by atoms with van der Waals surface area (Å²) in [4.78, 5) is 35.4. The number of nitrogens with zero attached hydrogens (tertiary/aromatic N) is 1. The van der Waals surface area contributed by atoms with Gasteiger partial charge in [0.05, 0.1) is 13.0 Å². The lowest BCUT2D eigenvalue weighted by molar-refractivity contribution is -0.139. The summed E-state index contributed by atoms with van der Waals surface area (Å²) in [7, 11) is 0. The number of rotatable bonds is 6. The van der Waals surface area contributed by atoms with Crippen LogP contribution in [-0.4, -0.2) is 47.3 Å². The summed E-state index contributed by atoms with van der Waals surface area (Å²) in [5, 5.41) is 11.4. The van der Waals surface area contributed by atoms with Gasteiger partial charge in [0.2, 0.25) is 5.91 Å². The Morgan fingerprint density at radius 3 is 2.38 bits per heavy atom. The minimum atomic E-state index is -0.797. The van der Waals surface area contributed by atoms with Gasteiger partial charge in [0.1, 0.15) is 0 Å². The fraction of sp³-hybridized carbons (Fsp3) is 0.400. The number of carbonyl (C=O) groups excluding carboxylic acids is 2. The molecule has 0 aromatic heterocycles. The minimum absolute atomic E-state index is 0.0158. The first-order valence-electron chi connectivity index (χ1n) is 6.79. The SMILES string of the molecule is CC(=O)c1ccc(NC(=O)CN2CC(CC(=O)O)C2)cc1. The molecule has 0 spiro atoms. The largest absolute Gasteiger partial charge is 0.481 e. The average molecular weight is 290 g/mol. The average Bonchev–Trinajstić information content (AvgIpc) is 2.36. The molecule has 2 N–H and O–H groups in total. The second kappa shape index (κ2) is 6.49. The van der Waals surface area contributed by atoms with Crippen LogP contribution in [0.2, 0.25) is 0 Å². The van der Waals surface area contributed by atoms with E-state index in [0.717, 1.165) is 0 Å². The molecule has 1 heterocycles. The molecular weight excluding hydrogens is 272 g/mol. The summed E-state index contributed by atoms with van der Waals surface area (Å²) in [6, 6.07) is 6.73. The van der Waals surface area contributed by atoms with Crippen molar-refractivity contribution in [2.75, 3.05) is 25.0 Å². The van der Waals surface area contributed by atoms with Crippen molar-refractivity contribution < 1.29 is 19.5 Å². The molecule has 0 unspecified atom stereocenters. The van der Waals surface area contributed by atoms with Crippen molar-refractivity contribution in [3.05, 3.63) is 29.8 Å². The highest BCUT2D eigenvalue weighted by Gasteiger charge is 2.29. The second-order valence-corrected chi connectivity index (χ2v) is 5.34. The number of carboxylic acid groups (broad SMARTS) is 1. The number of Topliss-reactive ketones (excluding diaryl/α,β-unsaturated/α-hetero) is 1. The number of benzene rings is 1. The maximum atomic E-state index is 11.8. The highest BCUT2D eigenvalue weighted by Crippen LogP contribution is 2.18. The first-order chi connectivity index (χ1) is 9.94. The lowest BCUT2D eigenvalue weighted by Gasteiger charge is -2.37. The molecule has 0 radical (unpaired) electrons.